The van der Waals surface area contributed by atoms with Crippen molar-refractivity contribution in [2.24, 2.45) is 11.8 Å². The van der Waals surface area contributed by atoms with Gasteiger partial charge < -0.3 is 10.2 Å². The third-order valence-corrected chi connectivity index (χ3v) is 6.93. The molecule has 1 atom stereocenters. The van der Waals surface area contributed by atoms with E-state index < -0.39 is 0 Å². The van der Waals surface area contributed by atoms with Crippen molar-refractivity contribution < 1.29 is 14.0 Å². The third kappa shape index (κ3) is 4.80. The minimum absolute atomic E-state index is 0.0435. The molecule has 1 aromatic rings. The molecule has 2 aliphatic carbocycles. The highest BCUT2D eigenvalue weighted by Gasteiger charge is 2.38. The van der Waals surface area contributed by atoms with Gasteiger partial charge in [0, 0.05) is 37.8 Å². The summed E-state index contributed by atoms with van der Waals surface area (Å²) in [6.45, 7) is 2.87. The maximum absolute atomic E-state index is 13.5. The summed E-state index contributed by atoms with van der Waals surface area (Å²) >= 11 is 0. The first-order valence-corrected chi connectivity index (χ1v) is 11.2. The monoisotopic (exact) mass is 401 g/mol. The van der Waals surface area contributed by atoms with Gasteiger partial charge in [0.25, 0.3) is 0 Å². The number of amides is 2. The molecule has 6 heteroatoms. The molecule has 0 spiro atoms. The van der Waals surface area contributed by atoms with Gasteiger partial charge in [0.15, 0.2) is 0 Å². The number of nitrogens with zero attached hydrogens (tertiary/aromatic N) is 2. The number of carbonyl (C=O) groups is 2. The fourth-order valence-electron chi connectivity index (χ4n) is 5.39. The normalized spacial score (nSPS) is 22.7. The Morgan fingerprint density at radius 1 is 0.966 bits per heavy atom. The molecule has 1 saturated heterocycles. The number of piperazine rings is 1. The molecule has 0 radical (unpaired) electrons. The van der Waals surface area contributed by atoms with Crippen molar-refractivity contribution in [2.45, 2.75) is 57.4 Å². The molecule has 2 amide bonds. The number of anilines is 1. The summed E-state index contributed by atoms with van der Waals surface area (Å²) in [6.07, 6.45) is 8.83. The molecule has 3 fully saturated rings. The minimum atomic E-state index is -0.348. The summed E-state index contributed by atoms with van der Waals surface area (Å²) in [4.78, 5) is 30.2. The van der Waals surface area contributed by atoms with Gasteiger partial charge in [-0.05, 0) is 49.8 Å². The van der Waals surface area contributed by atoms with Gasteiger partial charge in [-0.15, -0.1) is 0 Å². The molecule has 0 unspecified atom stereocenters. The van der Waals surface area contributed by atoms with Gasteiger partial charge in [-0.1, -0.05) is 31.7 Å². The number of carbonyl (C=O) groups excluding carboxylic acids is 2. The smallest absolute Gasteiger partial charge is 0.242 e. The Hall–Kier alpha value is -1.95. The molecule has 1 aromatic carbocycles. The van der Waals surface area contributed by atoms with Crippen LogP contribution in [0.3, 0.4) is 0 Å². The molecule has 3 aliphatic rings. The first-order valence-electron chi connectivity index (χ1n) is 11.2. The first-order chi connectivity index (χ1) is 14.1. The van der Waals surface area contributed by atoms with Gasteiger partial charge in [0.1, 0.15) is 5.82 Å². The van der Waals surface area contributed by atoms with E-state index in [9.17, 15) is 14.0 Å². The molecule has 5 nitrogen and oxygen atoms in total. The van der Waals surface area contributed by atoms with Gasteiger partial charge in [0.05, 0.1) is 6.04 Å². The van der Waals surface area contributed by atoms with E-state index in [4.69, 9.17) is 0 Å². The fourth-order valence-corrected chi connectivity index (χ4v) is 5.39. The number of benzene rings is 1. The molecule has 0 aromatic heterocycles. The number of halogens is 1. The van der Waals surface area contributed by atoms with E-state index in [0.29, 0.717) is 30.6 Å². The largest absolute Gasteiger partial charge is 0.340 e. The summed E-state index contributed by atoms with van der Waals surface area (Å²) in [5.74, 6) is 0.463. The van der Waals surface area contributed by atoms with Crippen molar-refractivity contribution in [3.05, 3.63) is 30.1 Å². The minimum Gasteiger partial charge on any atom is -0.340 e. The van der Waals surface area contributed by atoms with Crippen LogP contribution in [0.25, 0.3) is 0 Å². The molecular weight excluding hydrogens is 369 g/mol. The standard InChI is InChI=1S/C23H32FN3O2/c24-19-10-5-11-20(16-19)25-22(28)21(17-6-1-2-7-17)26-12-14-27(15-13-26)23(29)18-8-3-4-9-18/h5,10-11,16-18,21H,1-4,6-9,12-15H2,(H,25,28)/t21-/m1/s1. The summed E-state index contributed by atoms with van der Waals surface area (Å²) in [5.41, 5.74) is 0.507. The summed E-state index contributed by atoms with van der Waals surface area (Å²) in [6, 6.07) is 5.88. The van der Waals surface area contributed by atoms with Crippen LogP contribution in [0.2, 0.25) is 0 Å². The van der Waals surface area contributed by atoms with Crippen LogP contribution in [-0.4, -0.2) is 53.8 Å². The molecule has 29 heavy (non-hydrogen) atoms. The van der Waals surface area contributed by atoms with Crippen molar-refractivity contribution in [3.8, 4) is 0 Å². The predicted octanol–water partition coefficient (Wildman–Crippen LogP) is 3.66. The average Bonchev–Trinajstić information content (AvgIpc) is 3.43. The highest BCUT2D eigenvalue weighted by atomic mass is 19.1. The Morgan fingerprint density at radius 3 is 2.28 bits per heavy atom. The number of hydrogen-bond donors (Lipinski definition) is 1. The van der Waals surface area contributed by atoms with E-state index in [2.05, 4.69) is 10.2 Å². The van der Waals surface area contributed by atoms with E-state index in [1.807, 2.05) is 4.90 Å². The van der Waals surface area contributed by atoms with Gasteiger partial charge in [0.2, 0.25) is 11.8 Å². The molecular formula is C23H32FN3O2. The lowest BCUT2D eigenvalue weighted by molar-refractivity contribution is -0.138. The van der Waals surface area contributed by atoms with E-state index >= 15 is 0 Å². The second kappa shape index (κ2) is 9.24. The second-order valence-electron chi connectivity index (χ2n) is 8.83. The van der Waals surface area contributed by atoms with E-state index in [1.165, 1.54) is 25.0 Å². The summed E-state index contributed by atoms with van der Waals surface area (Å²) in [7, 11) is 0. The van der Waals surface area contributed by atoms with Crippen LogP contribution in [0.1, 0.15) is 51.4 Å². The topological polar surface area (TPSA) is 52.7 Å². The average molecular weight is 402 g/mol. The Balaban J connectivity index is 1.40. The third-order valence-electron chi connectivity index (χ3n) is 6.93. The van der Waals surface area contributed by atoms with Crippen LogP contribution in [0.5, 0.6) is 0 Å². The van der Waals surface area contributed by atoms with Crippen LogP contribution in [0, 0.1) is 17.7 Å². The van der Waals surface area contributed by atoms with Crippen molar-refractivity contribution >= 4 is 17.5 Å². The number of hydrogen-bond acceptors (Lipinski definition) is 3. The summed E-state index contributed by atoms with van der Waals surface area (Å²) < 4.78 is 13.5. The van der Waals surface area contributed by atoms with E-state index in [0.717, 1.165) is 51.6 Å². The van der Waals surface area contributed by atoms with Gasteiger partial charge in [-0.25, -0.2) is 4.39 Å². The predicted molar refractivity (Wildman–Crippen MR) is 111 cm³/mol. The first kappa shape index (κ1) is 20.3. The highest BCUT2D eigenvalue weighted by Crippen LogP contribution is 2.32. The summed E-state index contributed by atoms with van der Waals surface area (Å²) in [5, 5.41) is 2.93. The quantitative estimate of drug-likeness (QED) is 0.819. The Morgan fingerprint density at radius 2 is 1.62 bits per heavy atom. The zero-order valence-electron chi connectivity index (χ0n) is 17.1. The molecule has 1 aliphatic heterocycles. The molecule has 4 rings (SSSR count). The van der Waals surface area contributed by atoms with Crippen LogP contribution < -0.4 is 5.32 Å². The fraction of sp³-hybridized carbons (Fsp3) is 0.652. The van der Waals surface area contributed by atoms with Crippen molar-refractivity contribution in [1.82, 2.24) is 9.80 Å². The van der Waals surface area contributed by atoms with Crippen molar-refractivity contribution in [3.63, 3.8) is 0 Å². The lowest BCUT2D eigenvalue weighted by atomic mass is 9.94. The second-order valence-corrected chi connectivity index (χ2v) is 8.83. The van der Waals surface area contributed by atoms with Gasteiger partial charge in [-0.2, -0.15) is 0 Å². The Labute approximate surface area is 172 Å². The van der Waals surface area contributed by atoms with Crippen molar-refractivity contribution in [1.29, 1.82) is 0 Å². The van der Waals surface area contributed by atoms with Crippen LogP contribution in [0.4, 0.5) is 10.1 Å². The maximum Gasteiger partial charge on any atom is 0.242 e. The van der Waals surface area contributed by atoms with Crippen LogP contribution in [0.15, 0.2) is 24.3 Å². The Kier molecular flexibility index (Phi) is 6.48. The molecule has 2 saturated carbocycles. The SMILES string of the molecule is O=C(Nc1cccc(F)c1)[C@@H](C1CCCC1)N1CCN(C(=O)C2CCCC2)CC1. The lowest BCUT2D eigenvalue weighted by Crippen LogP contribution is -2.57. The molecule has 1 heterocycles. The van der Waals surface area contributed by atoms with Crippen molar-refractivity contribution in [2.75, 3.05) is 31.5 Å². The van der Waals surface area contributed by atoms with E-state index in [1.54, 1.807) is 12.1 Å². The van der Waals surface area contributed by atoms with E-state index in [-0.39, 0.29) is 23.7 Å². The highest BCUT2D eigenvalue weighted by molar-refractivity contribution is 5.95. The lowest BCUT2D eigenvalue weighted by Gasteiger charge is -2.41. The number of rotatable bonds is 5. The molecule has 1 N–H and O–H groups in total. The molecule has 0 bridgehead atoms. The van der Waals surface area contributed by atoms with Gasteiger partial charge in [-0.3, -0.25) is 14.5 Å². The van der Waals surface area contributed by atoms with Gasteiger partial charge >= 0.3 is 0 Å². The zero-order chi connectivity index (χ0) is 20.2. The maximum atomic E-state index is 13.5. The van der Waals surface area contributed by atoms with Crippen LogP contribution >= 0.6 is 0 Å². The zero-order valence-corrected chi connectivity index (χ0v) is 17.1. The Bertz CT molecular complexity index is 721. The van der Waals surface area contributed by atoms with Crippen LogP contribution in [-0.2, 0) is 9.59 Å². The number of nitrogens with one attached hydrogen (secondary N) is 1. The molecule has 158 valence electrons.